The van der Waals surface area contributed by atoms with Gasteiger partial charge in [-0.1, -0.05) is 258 Å². The minimum Gasteiger partial charge on any atom is -0.207 e. The van der Waals surface area contributed by atoms with Gasteiger partial charge < -0.3 is 0 Å². The molecule has 4 aromatic heterocycles. The zero-order chi connectivity index (χ0) is 86.2. The molecule has 12 aromatic carbocycles. The van der Waals surface area contributed by atoms with Crippen molar-refractivity contribution in [3.05, 3.63) is 353 Å². The van der Waals surface area contributed by atoms with E-state index in [0.717, 1.165) is 51.8 Å². The van der Waals surface area contributed by atoms with Gasteiger partial charge in [-0.2, -0.15) is 0 Å². The summed E-state index contributed by atoms with van der Waals surface area (Å²) >= 11 is 0. The molecule has 124 heavy (non-hydrogen) atoms. The predicted molar refractivity (Wildman–Crippen MR) is 524 cm³/mol. The Bertz CT molecular complexity index is 6680. The molecular weight excluding hydrogens is 1520 g/mol. The van der Waals surface area contributed by atoms with E-state index in [1.807, 2.05) is 12.1 Å². The molecule has 0 radical (unpaired) electrons. The van der Waals surface area contributed by atoms with Crippen LogP contribution in [0.3, 0.4) is 0 Å². The summed E-state index contributed by atoms with van der Waals surface area (Å²) in [5.74, 6) is 5.30. The average Bonchev–Trinajstić information content (AvgIpc) is 1.10. The minimum absolute atomic E-state index is 0.199. The van der Waals surface area contributed by atoms with Crippen molar-refractivity contribution in [2.45, 2.75) is 170 Å². The van der Waals surface area contributed by atoms with E-state index < -0.39 is 8.07 Å². The van der Waals surface area contributed by atoms with E-state index in [1.54, 1.807) is 17.2 Å². The molecule has 0 spiro atoms. The molecule has 5 unspecified atom stereocenters. The first-order valence-corrected chi connectivity index (χ1v) is 49.5. The summed E-state index contributed by atoms with van der Waals surface area (Å²) < 4.78 is 22.4. The van der Waals surface area contributed by atoms with Crippen LogP contribution in [0.2, 0.25) is 19.6 Å². The van der Waals surface area contributed by atoms with Crippen LogP contribution >= 0.6 is 0 Å². The monoisotopic (exact) mass is 1640 g/mol. The molecule has 0 amide bonds. The van der Waals surface area contributed by atoms with E-state index in [2.05, 4.69) is 389 Å². The number of halogens is 1. The van der Waals surface area contributed by atoms with Crippen LogP contribution in [0.4, 0.5) is 4.39 Å². The third kappa shape index (κ3) is 18.2. The Morgan fingerprint density at radius 3 is 0.887 bits per heavy atom. The molecule has 0 bridgehead atoms. The van der Waals surface area contributed by atoms with Gasteiger partial charge in [0.1, 0.15) is 34.0 Å². The van der Waals surface area contributed by atoms with E-state index in [1.165, 1.54) is 256 Å². The molecule has 4 aliphatic rings. The average molecular weight is 1650 g/mol. The number of nitrogens with zero attached hydrogens (tertiary/aromatic N) is 4. The van der Waals surface area contributed by atoms with Gasteiger partial charge in [0.05, 0.1) is 8.07 Å². The Morgan fingerprint density at radius 2 is 0.532 bits per heavy atom. The number of rotatable bonds is 11. The van der Waals surface area contributed by atoms with Crippen LogP contribution < -0.4 is 23.5 Å². The summed E-state index contributed by atoms with van der Waals surface area (Å²) in [4.78, 5) is 0. The Kier molecular flexibility index (Phi) is 24.8. The number of aryl methyl sites for hydroxylation is 12. The van der Waals surface area contributed by atoms with E-state index in [9.17, 15) is 4.39 Å². The molecule has 624 valence electrons. The first-order valence-electron chi connectivity index (χ1n) is 46.0. The highest BCUT2D eigenvalue weighted by molar-refractivity contribution is 6.88. The maximum absolute atomic E-state index is 13.4. The van der Waals surface area contributed by atoms with Crippen molar-refractivity contribution in [2.24, 2.45) is 51.9 Å². The van der Waals surface area contributed by atoms with Gasteiger partial charge in [0.15, 0.2) is 24.8 Å². The molecule has 4 nitrogen and oxygen atoms in total. The quantitative estimate of drug-likeness (QED) is 0.0906. The Labute approximate surface area is 738 Å². The summed E-state index contributed by atoms with van der Waals surface area (Å²) in [6.45, 7) is 24.7. The second-order valence-electron chi connectivity index (χ2n) is 38.4. The lowest BCUT2D eigenvalue weighted by Gasteiger charge is -2.39. The van der Waals surface area contributed by atoms with E-state index >= 15 is 0 Å². The topological polar surface area (TPSA) is 15.5 Å². The zero-order valence-corrected chi connectivity index (χ0v) is 77.0. The van der Waals surface area contributed by atoms with Gasteiger partial charge in [-0.3, -0.25) is 0 Å². The first kappa shape index (κ1) is 84.6. The molecule has 0 aliphatic heterocycles. The van der Waals surface area contributed by atoms with Crippen molar-refractivity contribution in [3.63, 3.8) is 0 Å². The Hall–Kier alpha value is -11.6. The fourth-order valence-corrected chi connectivity index (χ4v) is 22.9. The summed E-state index contributed by atoms with van der Waals surface area (Å²) in [5.41, 5.74) is 33.7. The van der Waals surface area contributed by atoms with Crippen molar-refractivity contribution < 1.29 is 22.7 Å². The maximum atomic E-state index is 13.4. The summed E-state index contributed by atoms with van der Waals surface area (Å²) in [6, 6.07) is 97.5. The normalized spacial score (nSPS) is 17.4. The van der Waals surface area contributed by atoms with Crippen LogP contribution in [-0.2, 0) is 28.2 Å². The van der Waals surface area contributed by atoms with Crippen molar-refractivity contribution in [2.75, 3.05) is 0 Å². The molecule has 4 aliphatic carbocycles. The molecule has 20 rings (SSSR count). The summed E-state index contributed by atoms with van der Waals surface area (Å²) in [6.07, 6.45) is 27.7. The minimum atomic E-state index is -1.30. The highest BCUT2D eigenvalue weighted by Crippen LogP contribution is 2.51. The Morgan fingerprint density at radius 1 is 0.250 bits per heavy atom. The van der Waals surface area contributed by atoms with Crippen molar-refractivity contribution >= 4 is 56.4 Å². The number of hydrogen-bond donors (Lipinski definition) is 0. The fourth-order valence-electron chi connectivity index (χ4n) is 21.7. The molecule has 0 N–H and O–H groups in total. The highest BCUT2D eigenvalue weighted by atomic mass is 28.3. The van der Waals surface area contributed by atoms with Crippen LogP contribution in [0.1, 0.15) is 151 Å². The number of hydrogen-bond acceptors (Lipinski definition) is 0. The van der Waals surface area contributed by atoms with Gasteiger partial charge in [-0.15, -0.1) is 0 Å². The second-order valence-corrected chi connectivity index (χ2v) is 43.5. The van der Waals surface area contributed by atoms with Crippen molar-refractivity contribution in [1.29, 1.82) is 0 Å². The molecule has 16 aromatic rings. The number of pyridine rings is 4. The fraction of sp³-hybridized carbons (Fsp3) is 0.288. The highest BCUT2D eigenvalue weighted by Gasteiger charge is 2.37. The van der Waals surface area contributed by atoms with Crippen molar-refractivity contribution in [3.8, 4) is 89.5 Å². The molecule has 4 heterocycles. The lowest BCUT2D eigenvalue weighted by atomic mass is 9.66. The lowest BCUT2D eigenvalue weighted by molar-refractivity contribution is -0.660. The number of aromatic nitrogens is 4. The van der Waals surface area contributed by atoms with Crippen LogP contribution in [0.15, 0.2) is 292 Å². The van der Waals surface area contributed by atoms with E-state index in [4.69, 9.17) is 0 Å². The second kappa shape index (κ2) is 36.3. The third-order valence-electron chi connectivity index (χ3n) is 28.8. The van der Waals surface area contributed by atoms with Crippen LogP contribution in [0.5, 0.6) is 0 Å². The van der Waals surface area contributed by atoms with Gasteiger partial charge in [0.2, 0.25) is 22.8 Å². The zero-order valence-electron chi connectivity index (χ0n) is 76.0. The third-order valence-corrected chi connectivity index (χ3v) is 30.8. The van der Waals surface area contributed by atoms with E-state index in [0.29, 0.717) is 0 Å². The molecule has 0 saturated heterocycles. The number of fused-ring (bicyclic) bond motifs is 6. The Balaban J connectivity index is 0.000000118. The summed E-state index contributed by atoms with van der Waals surface area (Å²) in [5, 5.41) is 11.6. The first-order chi connectivity index (χ1) is 59.9. The van der Waals surface area contributed by atoms with E-state index in [-0.39, 0.29) is 5.82 Å². The largest absolute Gasteiger partial charge is 0.213 e. The smallest absolute Gasteiger partial charge is 0.207 e. The summed E-state index contributed by atoms with van der Waals surface area (Å²) in [7, 11) is 7.23. The van der Waals surface area contributed by atoms with Crippen LogP contribution in [0, 0.1) is 84.9 Å². The van der Waals surface area contributed by atoms with Gasteiger partial charge in [0, 0.05) is 68.8 Å². The van der Waals surface area contributed by atoms with Gasteiger partial charge >= 0.3 is 0 Å². The lowest BCUT2D eigenvalue weighted by Crippen LogP contribution is -2.37. The predicted octanol–water partition coefficient (Wildman–Crippen LogP) is 28.9. The van der Waals surface area contributed by atoms with Crippen molar-refractivity contribution in [1.82, 2.24) is 0 Å². The molecule has 5 atom stereocenters. The maximum Gasteiger partial charge on any atom is 0.213 e. The molecular formula is C118H125FN4Si+4. The molecule has 4 saturated carbocycles. The van der Waals surface area contributed by atoms with Gasteiger partial charge in [-0.25, -0.2) is 22.7 Å². The van der Waals surface area contributed by atoms with Crippen LogP contribution in [-0.4, -0.2) is 8.07 Å². The van der Waals surface area contributed by atoms with Gasteiger partial charge in [0.25, 0.3) is 0 Å². The van der Waals surface area contributed by atoms with Gasteiger partial charge in [-0.05, 0) is 305 Å². The SMILES string of the molecule is Cc1c[n+](C)c(-c2ccccc2C)cc1-c1ccc2cc(C3CC4CCCCC4C3)ccc2c1.Cc1c[n+](C)c(-c2ccccc2C)cc1-c1ccc2cc(C3CCC4CCCCC4C3)ccc2c1.Cc1c[n+](C)c(-c2ccccc2C)cc1-c1ccc2cc(F)ccc2c1.Cc1c[n+](C)c(-c2ccccc2C)cc1-c1ccc2cc([Si](C)(C)C)ccc2c1. The van der Waals surface area contributed by atoms with Crippen LogP contribution in [0.25, 0.3) is 133 Å². The molecule has 6 heteroatoms. The molecule has 4 fully saturated rings. The number of benzene rings is 12. The standard InChI is InChI=1S/C34H38N.C33H36N.C27H30NSi.C24H21FN/c1-23-8-4-7-11-32(23)34-21-33(24(2)22-35(34)3)31-17-16-29-19-28(14-15-30(29)20-31)27-13-12-25-9-5-6-10-26(25)18-27;1-22-8-4-7-11-31(22)33-20-32(23(2)21-34(33)3)29-15-14-26-16-28(13-12-27(26)17-29)30-18-24-9-5-6-10-25(24)19-30;1-19-9-7-8-10-25(19)27-17-26(20(2)18-28(27)3)23-12-11-22-16-24(29(4,5)6)14-13-21(22)15-23;1-16-6-4-5-7-22(16)24-14-23(17(2)15-26(24)3)20-9-8-19-13-21(25)11-10-18(19)12-20/h4,7-8,11,14-17,19-22,25-27H,5-6,9-10,12-13,18H2,1-3H3;4,7-8,11-17,20-21,24-25,30H,5-6,9-10,18-19H2,1-3H3;7-18H,1-6H3;4-15H,1-3H3/q4*+1.